The lowest BCUT2D eigenvalue weighted by molar-refractivity contribution is 0.120. The van der Waals surface area contributed by atoms with Crippen LogP contribution in [0.5, 0.6) is 0 Å². The van der Waals surface area contributed by atoms with Crippen molar-refractivity contribution in [2.75, 3.05) is 18.5 Å². The summed E-state index contributed by atoms with van der Waals surface area (Å²) in [6.07, 6.45) is 4.49. The molecular formula is C11H15BrN2O. The largest absolute Gasteiger partial charge is 0.376 e. The average Bonchev–Trinajstić information content (AvgIpc) is 2.73. The smallest absolute Gasteiger partial charge is 0.140 e. The monoisotopic (exact) mass is 270 g/mol. The minimum Gasteiger partial charge on any atom is -0.376 e. The van der Waals surface area contributed by atoms with Crippen LogP contribution in [-0.2, 0) is 4.74 Å². The van der Waals surface area contributed by atoms with E-state index < -0.39 is 0 Å². The molecular weight excluding hydrogens is 256 g/mol. The normalized spacial score (nSPS) is 20.5. The maximum atomic E-state index is 5.54. The van der Waals surface area contributed by atoms with Gasteiger partial charge in [0.05, 0.1) is 10.6 Å². The van der Waals surface area contributed by atoms with Gasteiger partial charge in [0.2, 0.25) is 0 Å². The molecule has 1 aromatic rings. The van der Waals surface area contributed by atoms with Gasteiger partial charge in [-0.05, 0) is 47.3 Å². The average molecular weight is 271 g/mol. The number of anilines is 1. The number of rotatable bonds is 3. The molecule has 2 heterocycles. The van der Waals surface area contributed by atoms with Crippen LogP contribution in [0.2, 0.25) is 0 Å². The Morgan fingerprint density at radius 2 is 2.53 bits per heavy atom. The summed E-state index contributed by atoms with van der Waals surface area (Å²) >= 11 is 3.52. The van der Waals surface area contributed by atoms with Crippen LogP contribution in [0.3, 0.4) is 0 Å². The van der Waals surface area contributed by atoms with Gasteiger partial charge in [0.25, 0.3) is 0 Å². The van der Waals surface area contributed by atoms with Gasteiger partial charge in [-0.15, -0.1) is 0 Å². The fraction of sp³-hybridized carbons (Fsp3) is 0.545. The lowest BCUT2D eigenvalue weighted by Gasteiger charge is -2.12. The highest BCUT2D eigenvalue weighted by molar-refractivity contribution is 9.10. The molecule has 82 valence electrons. The molecule has 15 heavy (non-hydrogen) atoms. The van der Waals surface area contributed by atoms with Gasteiger partial charge in [-0.25, -0.2) is 4.98 Å². The highest BCUT2D eigenvalue weighted by atomic mass is 79.9. The SMILES string of the molecule is Cc1ccnc(NCC2CCCO2)c1Br. The van der Waals surface area contributed by atoms with E-state index in [9.17, 15) is 0 Å². The lowest BCUT2D eigenvalue weighted by Crippen LogP contribution is -2.19. The number of nitrogens with zero attached hydrogens (tertiary/aromatic N) is 1. The summed E-state index contributed by atoms with van der Waals surface area (Å²) in [5.41, 5.74) is 1.19. The Kier molecular flexibility index (Phi) is 3.59. The number of hydrogen-bond acceptors (Lipinski definition) is 3. The van der Waals surface area contributed by atoms with Crippen molar-refractivity contribution in [1.82, 2.24) is 4.98 Å². The highest BCUT2D eigenvalue weighted by Gasteiger charge is 2.15. The number of halogens is 1. The van der Waals surface area contributed by atoms with Crippen LogP contribution in [0.25, 0.3) is 0 Å². The van der Waals surface area contributed by atoms with Gasteiger partial charge in [0.15, 0.2) is 0 Å². The van der Waals surface area contributed by atoms with Crippen LogP contribution >= 0.6 is 15.9 Å². The second kappa shape index (κ2) is 4.94. The van der Waals surface area contributed by atoms with E-state index in [1.165, 1.54) is 12.0 Å². The van der Waals surface area contributed by atoms with Gasteiger partial charge in [-0.3, -0.25) is 0 Å². The molecule has 0 aromatic carbocycles. The first kappa shape index (κ1) is 10.9. The Balaban J connectivity index is 1.95. The molecule has 1 N–H and O–H groups in total. The molecule has 1 aliphatic rings. The van der Waals surface area contributed by atoms with Crippen LogP contribution < -0.4 is 5.32 Å². The van der Waals surface area contributed by atoms with E-state index in [2.05, 4.69) is 33.2 Å². The molecule has 0 aliphatic carbocycles. The second-order valence-electron chi connectivity index (χ2n) is 3.81. The Bertz CT molecular complexity index is 337. The van der Waals surface area contributed by atoms with E-state index in [1.54, 1.807) is 0 Å². The first-order chi connectivity index (χ1) is 7.27. The van der Waals surface area contributed by atoms with Gasteiger partial charge < -0.3 is 10.1 Å². The fourth-order valence-corrected chi connectivity index (χ4v) is 2.05. The Morgan fingerprint density at radius 3 is 3.27 bits per heavy atom. The maximum Gasteiger partial charge on any atom is 0.140 e. The predicted molar refractivity (Wildman–Crippen MR) is 64.1 cm³/mol. The Labute approximate surface area is 98.4 Å². The number of ether oxygens (including phenoxy) is 1. The maximum absolute atomic E-state index is 5.54. The summed E-state index contributed by atoms with van der Waals surface area (Å²) in [6, 6.07) is 1.99. The van der Waals surface area contributed by atoms with Crippen molar-refractivity contribution >= 4 is 21.7 Å². The van der Waals surface area contributed by atoms with E-state index in [-0.39, 0.29) is 0 Å². The molecule has 0 spiro atoms. The fourth-order valence-electron chi connectivity index (χ4n) is 1.68. The van der Waals surface area contributed by atoms with Crippen LogP contribution in [0.15, 0.2) is 16.7 Å². The Hall–Kier alpha value is -0.610. The minimum atomic E-state index is 0.346. The van der Waals surface area contributed by atoms with Crippen LogP contribution in [0.4, 0.5) is 5.82 Å². The third-order valence-electron chi connectivity index (χ3n) is 2.60. The lowest BCUT2D eigenvalue weighted by atomic mass is 10.2. The standard InChI is InChI=1S/C11H15BrN2O/c1-8-4-5-13-11(10(8)12)14-7-9-3-2-6-15-9/h4-5,9H,2-3,6-7H2,1H3,(H,13,14). The third-order valence-corrected chi connectivity index (χ3v) is 3.60. The molecule has 4 heteroatoms. The van der Waals surface area contributed by atoms with Crippen molar-refractivity contribution in [3.8, 4) is 0 Å². The summed E-state index contributed by atoms with van der Waals surface area (Å²) in [5, 5.41) is 3.31. The number of aromatic nitrogens is 1. The van der Waals surface area contributed by atoms with Crippen molar-refractivity contribution in [3.63, 3.8) is 0 Å². The molecule has 1 aromatic heterocycles. The highest BCUT2D eigenvalue weighted by Crippen LogP contribution is 2.23. The zero-order valence-electron chi connectivity index (χ0n) is 8.79. The number of nitrogens with one attached hydrogen (secondary N) is 1. The molecule has 0 radical (unpaired) electrons. The summed E-state index contributed by atoms with van der Waals surface area (Å²) in [4.78, 5) is 4.29. The molecule has 0 saturated carbocycles. The molecule has 1 unspecified atom stereocenters. The van der Waals surface area contributed by atoms with Crippen LogP contribution in [0.1, 0.15) is 18.4 Å². The number of aryl methyl sites for hydroxylation is 1. The summed E-state index contributed by atoms with van der Waals surface area (Å²) in [7, 11) is 0. The number of hydrogen-bond donors (Lipinski definition) is 1. The first-order valence-corrected chi connectivity index (χ1v) is 6.03. The van der Waals surface area contributed by atoms with E-state index in [0.717, 1.165) is 29.9 Å². The predicted octanol–water partition coefficient (Wildman–Crippen LogP) is 2.74. The third kappa shape index (κ3) is 2.69. The van der Waals surface area contributed by atoms with Gasteiger partial charge in [0.1, 0.15) is 5.82 Å². The molecule has 0 amide bonds. The second-order valence-corrected chi connectivity index (χ2v) is 4.60. The van der Waals surface area contributed by atoms with E-state index >= 15 is 0 Å². The molecule has 1 saturated heterocycles. The van der Waals surface area contributed by atoms with Crippen LogP contribution in [-0.4, -0.2) is 24.2 Å². The molecule has 0 bridgehead atoms. The zero-order valence-corrected chi connectivity index (χ0v) is 10.4. The van der Waals surface area contributed by atoms with Gasteiger partial charge >= 0.3 is 0 Å². The van der Waals surface area contributed by atoms with Gasteiger partial charge in [0, 0.05) is 19.3 Å². The van der Waals surface area contributed by atoms with Crippen LogP contribution in [0, 0.1) is 6.92 Å². The van der Waals surface area contributed by atoms with Crippen molar-refractivity contribution < 1.29 is 4.74 Å². The summed E-state index contributed by atoms with van der Waals surface area (Å²) in [5.74, 6) is 0.908. The van der Waals surface area contributed by atoms with Gasteiger partial charge in [-0.2, -0.15) is 0 Å². The molecule has 1 aliphatic heterocycles. The van der Waals surface area contributed by atoms with Crippen molar-refractivity contribution in [1.29, 1.82) is 0 Å². The number of pyridine rings is 1. The van der Waals surface area contributed by atoms with Gasteiger partial charge in [-0.1, -0.05) is 0 Å². The molecule has 1 atom stereocenters. The summed E-state index contributed by atoms with van der Waals surface area (Å²) < 4.78 is 6.58. The van der Waals surface area contributed by atoms with Crippen molar-refractivity contribution in [2.45, 2.75) is 25.9 Å². The summed E-state index contributed by atoms with van der Waals surface area (Å²) in [6.45, 7) is 3.80. The van der Waals surface area contributed by atoms with E-state index in [1.807, 2.05) is 12.3 Å². The minimum absolute atomic E-state index is 0.346. The molecule has 3 nitrogen and oxygen atoms in total. The molecule has 2 rings (SSSR count). The topological polar surface area (TPSA) is 34.2 Å². The van der Waals surface area contributed by atoms with Crippen molar-refractivity contribution in [3.05, 3.63) is 22.3 Å². The quantitative estimate of drug-likeness (QED) is 0.917. The first-order valence-electron chi connectivity index (χ1n) is 5.24. The van der Waals surface area contributed by atoms with E-state index in [0.29, 0.717) is 6.10 Å². The zero-order chi connectivity index (χ0) is 10.7. The Morgan fingerprint density at radius 1 is 1.67 bits per heavy atom. The van der Waals surface area contributed by atoms with Crippen molar-refractivity contribution in [2.24, 2.45) is 0 Å². The molecule has 1 fully saturated rings. The van der Waals surface area contributed by atoms with E-state index in [4.69, 9.17) is 4.74 Å².